The summed E-state index contributed by atoms with van der Waals surface area (Å²) in [4.78, 5) is 59.3. The highest BCUT2D eigenvalue weighted by Gasteiger charge is 2.66. The molecule has 6 unspecified atom stereocenters. The second-order valence-corrected chi connectivity index (χ2v) is 13.9. The van der Waals surface area contributed by atoms with Crippen LogP contribution in [-0.2, 0) is 24.6 Å². The van der Waals surface area contributed by atoms with Crippen molar-refractivity contribution in [3.8, 4) is 11.5 Å². The Balaban J connectivity index is 1.51. The van der Waals surface area contributed by atoms with Gasteiger partial charge in [0.1, 0.15) is 0 Å². The van der Waals surface area contributed by atoms with Crippen LogP contribution in [0.2, 0.25) is 0 Å². The van der Waals surface area contributed by atoms with Gasteiger partial charge in [-0.1, -0.05) is 78.4 Å². The van der Waals surface area contributed by atoms with Gasteiger partial charge in [-0.3, -0.25) is 24.1 Å². The molecule has 6 atom stereocenters. The van der Waals surface area contributed by atoms with Crippen LogP contribution in [0.25, 0.3) is 5.57 Å². The standard InChI is InChI=1S/C39H37NO6/c1-38(2,3)40-36(44)26-17-16-25-28(33(26)37(40)45)20-29-35(43)27(22-11-7-5-8-12-22)21-32(42)39(29,24-13-9-6-10-14-24)34(25)23-15-18-31(46-4)30(41)19-23/h5-16,18-19,21,26,28-29,33-34,41H,17,20H2,1-4H3. The van der Waals surface area contributed by atoms with Crippen LogP contribution >= 0.6 is 0 Å². The number of benzene rings is 3. The molecule has 1 saturated heterocycles. The van der Waals surface area contributed by atoms with Crippen LogP contribution in [0.1, 0.15) is 56.2 Å². The van der Waals surface area contributed by atoms with E-state index < -0.39 is 40.5 Å². The minimum absolute atomic E-state index is 0.0858. The van der Waals surface area contributed by atoms with Crippen molar-refractivity contribution in [1.82, 2.24) is 4.90 Å². The summed E-state index contributed by atoms with van der Waals surface area (Å²) >= 11 is 0. The van der Waals surface area contributed by atoms with E-state index in [4.69, 9.17) is 4.74 Å². The summed E-state index contributed by atoms with van der Waals surface area (Å²) in [6, 6.07) is 23.7. The van der Waals surface area contributed by atoms with E-state index in [1.807, 2.05) is 93.6 Å². The highest BCUT2D eigenvalue weighted by Crippen LogP contribution is 2.64. The molecule has 2 fully saturated rings. The van der Waals surface area contributed by atoms with Crippen LogP contribution in [0.5, 0.6) is 11.5 Å². The van der Waals surface area contributed by atoms with Crippen molar-refractivity contribution in [2.24, 2.45) is 23.7 Å². The van der Waals surface area contributed by atoms with Crippen molar-refractivity contribution in [2.75, 3.05) is 7.11 Å². The van der Waals surface area contributed by atoms with Gasteiger partial charge in [-0.15, -0.1) is 0 Å². The summed E-state index contributed by atoms with van der Waals surface area (Å²) in [5, 5.41) is 11.0. The zero-order valence-corrected chi connectivity index (χ0v) is 26.4. The monoisotopic (exact) mass is 615 g/mol. The molecule has 7 heteroatoms. The number of carbonyl (C=O) groups is 4. The highest BCUT2D eigenvalue weighted by atomic mass is 16.5. The molecule has 0 bridgehead atoms. The topological polar surface area (TPSA) is 101 Å². The van der Waals surface area contributed by atoms with Gasteiger partial charge in [-0.05, 0) is 74.4 Å². The third-order valence-corrected chi connectivity index (χ3v) is 10.6. The molecule has 0 radical (unpaired) electrons. The summed E-state index contributed by atoms with van der Waals surface area (Å²) in [6.45, 7) is 5.58. The number of allylic oxidation sites excluding steroid dienone is 4. The minimum Gasteiger partial charge on any atom is -0.504 e. The number of hydrogen-bond donors (Lipinski definition) is 1. The Morgan fingerprint density at radius 1 is 0.870 bits per heavy atom. The Hall–Kier alpha value is -4.78. The van der Waals surface area contributed by atoms with E-state index in [1.54, 1.807) is 12.1 Å². The number of likely N-dealkylation sites (tertiary alicyclic amines) is 1. The van der Waals surface area contributed by atoms with Crippen molar-refractivity contribution in [3.05, 3.63) is 113 Å². The first kappa shape index (κ1) is 29.9. The number of Topliss-reactive ketones (excluding diaryl/α,β-unsaturated/α-hetero) is 1. The third-order valence-electron chi connectivity index (χ3n) is 10.6. The van der Waals surface area contributed by atoms with E-state index in [9.17, 15) is 19.5 Å². The summed E-state index contributed by atoms with van der Waals surface area (Å²) in [7, 11) is 1.47. The lowest BCUT2D eigenvalue weighted by Gasteiger charge is -2.55. The molecule has 0 aromatic heterocycles. The molecule has 0 spiro atoms. The van der Waals surface area contributed by atoms with Crippen LogP contribution in [0.4, 0.5) is 0 Å². The lowest BCUT2D eigenvalue weighted by molar-refractivity contribution is -0.145. The van der Waals surface area contributed by atoms with E-state index in [-0.39, 0.29) is 41.3 Å². The molecule has 3 aromatic rings. The molecule has 3 aliphatic carbocycles. The molecule has 1 saturated carbocycles. The summed E-state index contributed by atoms with van der Waals surface area (Å²) in [6.07, 6.45) is 4.13. The summed E-state index contributed by atoms with van der Waals surface area (Å²) in [5.74, 6) is -3.73. The second-order valence-electron chi connectivity index (χ2n) is 13.9. The smallest absolute Gasteiger partial charge is 0.234 e. The number of phenolic OH excluding ortho intramolecular Hbond substituents is 1. The van der Waals surface area contributed by atoms with E-state index in [1.165, 1.54) is 18.1 Å². The first-order valence-corrected chi connectivity index (χ1v) is 15.9. The molecule has 7 nitrogen and oxygen atoms in total. The number of rotatable bonds is 4. The van der Waals surface area contributed by atoms with E-state index >= 15 is 4.79 Å². The zero-order chi connectivity index (χ0) is 32.5. The lowest BCUT2D eigenvalue weighted by Crippen LogP contribution is -2.59. The molecule has 3 aromatic carbocycles. The largest absolute Gasteiger partial charge is 0.504 e. The molecule has 2 amide bonds. The first-order valence-electron chi connectivity index (χ1n) is 15.9. The number of nitrogens with zero attached hydrogens (tertiary/aromatic N) is 1. The van der Waals surface area contributed by atoms with Crippen LogP contribution in [0.15, 0.2) is 96.6 Å². The number of hydrogen-bond acceptors (Lipinski definition) is 6. The second kappa shape index (κ2) is 10.6. The number of amides is 2. The molecule has 46 heavy (non-hydrogen) atoms. The fourth-order valence-electron chi connectivity index (χ4n) is 8.80. The van der Waals surface area contributed by atoms with Crippen molar-refractivity contribution in [1.29, 1.82) is 0 Å². The summed E-state index contributed by atoms with van der Waals surface area (Å²) in [5.41, 5.74) is 1.17. The van der Waals surface area contributed by atoms with Crippen LogP contribution in [-0.4, -0.2) is 46.0 Å². The number of fused-ring (bicyclic) bond motifs is 4. The van der Waals surface area contributed by atoms with Gasteiger partial charge in [0.05, 0.1) is 24.4 Å². The van der Waals surface area contributed by atoms with Gasteiger partial charge in [-0.25, -0.2) is 0 Å². The fraction of sp³-hybridized carbons (Fsp3) is 0.333. The van der Waals surface area contributed by atoms with Gasteiger partial charge < -0.3 is 9.84 Å². The molecular formula is C39H37NO6. The number of carbonyl (C=O) groups excluding carboxylic acids is 4. The van der Waals surface area contributed by atoms with Gasteiger partial charge in [0.15, 0.2) is 23.1 Å². The van der Waals surface area contributed by atoms with Gasteiger partial charge in [-0.2, -0.15) is 0 Å². The van der Waals surface area contributed by atoms with Gasteiger partial charge >= 0.3 is 0 Å². The number of ketones is 2. The minimum atomic E-state index is -1.35. The third kappa shape index (κ3) is 4.17. The maximum atomic E-state index is 15.0. The Labute approximate surface area is 268 Å². The highest BCUT2D eigenvalue weighted by molar-refractivity contribution is 6.31. The molecule has 1 heterocycles. The van der Waals surface area contributed by atoms with Crippen molar-refractivity contribution < 1.29 is 29.0 Å². The predicted octanol–water partition coefficient (Wildman–Crippen LogP) is 6.02. The quantitative estimate of drug-likeness (QED) is 0.285. The zero-order valence-electron chi connectivity index (χ0n) is 26.4. The molecule has 234 valence electrons. The van der Waals surface area contributed by atoms with Gasteiger partial charge in [0.25, 0.3) is 0 Å². The van der Waals surface area contributed by atoms with Crippen molar-refractivity contribution in [3.63, 3.8) is 0 Å². The fourth-order valence-corrected chi connectivity index (χ4v) is 8.80. The number of ether oxygens (including phenoxy) is 1. The Kier molecular flexibility index (Phi) is 6.92. The van der Waals surface area contributed by atoms with Crippen LogP contribution in [0, 0.1) is 23.7 Å². The van der Waals surface area contributed by atoms with Gasteiger partial charge in [0, 0.05) is 22.9 Å². The molecular weight excluding hydrogens is 578 g/mol. The number of phenols is 1. The predicted molar refractivity (Wildman–Crippen MR) is 173 cm³/mol. The average molecular weight is 616 g/mol. The molecule has 1 aliphatic heterocycles. The molecule has 1 N–H and O–H groups in total. The maximum absolute atomic E-state index is 15.0. The number of imide groups is 1. The summed E-state index contributed by atoms with van der Waals surface area (Å²) < 4.78 is 5.36. The normalized spacial score (nSPS) is 29.0. The molecule has 7 rings (SSSR count). The van der Waals surface area contributed by atoms with Crippen LogP contribution in [0.3, 0.4) is 0 Å². The van der Waals surface area contributed by atoms with Gasteiger partial charge in [0.2, 0.25) is 11.8 Å². The number of methoxy groups -OCH3 is 1. The van der Waals surface area contributed by atoms with E-state index in [0.29, 0.717) is 28.7 Å². The van der Waals surface area contributed by atoms with E-state index in [2.05, 4.69) is 0 Å². The Bertz CT molecular complexity index is 1830. The number of aromatic hydroxyl groups is 1. The Morgan fingerprint density at radius 3 is 2.17 bits per heavy atom. The van der Waals surface area contributed by atoms with Crippen molar-refractivity contribution >= 4 is 29.0 Å². The van der Waals surface area contributed by atoms with Crippen molar-refractivity contribution in [2.45, 2.75) is 50.5 Å². The maximum Gasteiger partial charge on any atom is 0.234 e. The first-order chi connectivity index (χ1) is 22.0. The SMILES string of the molecule is COc1ccc(C2C3=CCC4C(=O)N(C(C)(C)C)C(=O)C4C3CC3C(=O)C(c4ccccc4)=CC(=O)C32c2ccccc2)cc1O. The van der Waals surface area contributed by atoms with E-state index in [0.717, 1.165) is 5.57 Å². The Morgan fingerprint density at radius 2 is 1.54 bits per heavy atom. The average Bonchev–Trinajstić information content (AvgIpc) is 3.32. The lowest BCUT2D eigenvalue weighted by atomic mass is 9.44. The van der Waals surface area contributed by atoms with Crippen LogP contribution < -0.4 is 4.74 Å². The molecule has 4 aliphatic rings.